The van der Waals surface area contributed by atoms with Gasteiger partial charge in [0.1, 0.15) is 0 Å². The number of halogens is 1. The van der Waals surface area contributed by atoms with E-state index < -0.39 is 5.54 Å². The number of hydrogen-bond acceptors (Lipinski definition) is 2. The predicted octanol–water partition coefficient (Wildman–Crippen LogP) is 4.07. The fourth-order valence-corrected chi connectivity index (χ4v) is 3.36. The Kier molecular flexibility index (Phi) is 4.05. The van der Waals surface area contributed by atoms with Crippen LogP contribution in [-0.4, -0.2) is 9.78 Å². The van der Waals surface area contributed by atoms with Crippen molar-refractivity contribution in [2.75, 3.05) is 0 Å². The van der Waals surface area contributed by atoms with Crippen LogP contribution in [0.3, 0.4) is 0 Å². The molecule has 4 heteroatoms. The zero-order valence-corrected chi connectivity index (χ0v) is 13.2. The minimum Gasteiger partial charge on any atom is -0.321 e. The summed E-state index contributed by atoms with van der Waals surface area (Å²) in [4.78, 5) is 0. The molecule has 21 heavy (non-hydrogen) atoms. The highest BCUT2D eigenvalue weighted by molar-refractivity contribution is 6.30. The Labute approximate surface area is 131 Å². The summed E-state index contributed by atoms with van der Waals surface area (Å²) in [5.74, 6) is 0. The fourth-order valence-electron chi connectivity index (χ4n) is 3.17. The van der Waals surface area contributed by atoms with Gasteiger partial charge in [0.15, 0.2) is 0 Å². The molecule has 1 aliphatic rings. The van der Waals surface area contributed by atoms with E-state index in [0.29, 0.717) is 12.5 Å². The molecular formula is C17H22ClN3. The van der Waals surface area contributed by atoms with E-state index in [2.05, 4.69) is 16.9 Å². The van der Waals surface area contributed by atoms with Gasteiger partial charge < -0.3 is 5.73 Å². The number of nitrogens with two attached hydrogens (primary N) is 1. The number of rotatable bonds is 4. The van der Waals surface area contributed by atoms with Crippen LogP contribution < -0.4 is 5.73 Å². The first-order chi connectivity index (χ1) is 10.0. The van der Waals surface area contributed by atoms with Crippen molar-refractivity contribution in [2.45, 2.75) is 50.6 Å². The maximum atomic E-state index is 6.49. The van der Waals surface area contributed by atoms with Gasteiger partial charge in [0, 0.05) is 23.2 Å². The number of nitrogens with zero attached hydrogens (tertiary/aromatic N) is 2. The van der Waals surface area contributed by atoms with Crippen LogP contribution in [-0.2, 0) is 12.0 Å². The van der Waals surface area contributed by atoms with Gasteiger partial charge in [-0.2, -0.15) is 5.10 Å². The van der Waals surface area contributed by atoms with Gasteiger partial charge in [-0.1, -0.05) is 36.6 Å². The van der Waals surface area contributed by atoms with E-state index in [4.69, 9.17) is 22.4 Å². The quantitative estimate of drug-likeness (QED) is 0.925. The molecule has 1 aromatic heterocycles. The molecule has 3 rings (SSSR count). The van der Waals surface area contributed by atoms with Gasteiger partial charge in [0.25, 0.3) is 0 Å². The van der Waals surface area contributed by atoms with Crippen molar-refractivity contribution >= 4 is 11.6 Å². The second-order valence-electron chi connectivity index (χ2n) is 6.33. The summed E-state index contributed by atoms with van der Waals surface area (Å²) in [7, 11) is 0. The molecule has 0 aliphatic heterocycles. The molecule has 0 spiro atoms. The van der Waals surface area contributed by atoms with E-state index >= 15 is 0 Å². The first-order valence-electron chi connectivity index (χ1n) is 7.63. The molecular weight excluding hydrogens is 282 g/mol. The summed E-state index contributed by atoms with van der Waals surface area (Å²) in [6, 6.07) is 10.5. The third kappa shape index (κ3) is 3.30. The SMILES string of the molecule is CC(N)(Cc1ccn(C2CCCC2)n1)c1cccc(Cl)c1. The molecule has 3 nitrogen and oxygen atoms in total. The molecule has 1 aliphatic carbocycles. The maximum absolute atomic E-state index is 6.49. The molecule has 1 heterocycles. The molecule has 2 aromatic rings. The first-order valence-corrected chi connectivity index (χ1v) is 8.01. The van der Waals surface area contributed by atoms with Crippen LogP contribution in [0, 0.1) is 0 Å². The van der Waals surface area contributed by atoms with Crippen LogP contribution in [0.25, 0.3) is 0 Å². The summed E-state index contributed by atoms with van der Waals surface area (Å²) in [6.45, 7) is 2.03. The largest absolute Gasteiger partial charge is 0.321 e. The molecule has 0 saturated heterocycles. The second-order valence-corrected chi connectivity index (χ2v) is 6.77. The minimum atomic E-state index is -0.459. The Bertz CT molecular complexity index is 612. The van der Waals surface area contributed by atoms with Crippen molar-refractivity contribution in [3.8, 4) is 0 Å². The minimum absolute atomic E-state index is 0.459. The molecule has 1 atom stereocenters. The smallest absolute Gasteiger partial charge is 0.0646 e. The van der Waals surface area contributed by atoms with E-state index in [-0.39, 0.29) is 0 Å². The monoisotopic (exact) mass is 303 g/mol. The van der Waals surface area contributed by atoms with Crippen LogP contribution in [0.15, 0.2) is 36.5 Å². The summed E-state index contributed by atoms with van der Waals surface area (Å²) < 4.78 is 2.12. The molecule has 1 saturated carbocycles. The lowest BCUT2D eigenvalue weighted by atomic mass is 9.88. The van der Waals surface area contributed by atoms with Crippen LogP contribution in [0.4, 0.5) is 0 Å². The van der Waals surface area contributed by atoms with Crippen molar-refractivity contribution in [3.05, 3.63) is 52.8 Å². The third-order valence-electron chi connectivity index (χ3n) is 4.39. The third-order valence-corrected chi connectivity index (χ3v) is 4.63. The van der Waals surface area contributed by atoms with E-state index in [0.717, 1.165) is 16.3 Å². The highest BCUT2D eigenvalue weighted by Crippen LogP contribution is 2.30. The predicted molar refractivity (Wildman–Crippen MR) is 86.4 cm³/mol. The van der Waals surface area contributed by atoms with E-state index in [1.807, 2.05) is 31.2 Å². The topological polar surface area (TPSA) is 43.8 Å². The Morgan fingerprint density at radius 1 is 1.33 bits per heavy atom. The lowest BCUT2D eigenvalue weighted by molar-refractivity contribution is 0.445. The molecule has 0 bridgehead atoms. The highest BCUT2D eigenvalue weighted by Gasteiger charge is 2.24. The average molecular weight is 304 g/mol. The van der Waals surface area contributed by atoms with Gasteiger partial charge in [0.05, 0.1) is 11.7 Å². The summed E-state index contributed by atoms with van der Waals surface area (Å²) >= 11 is 6.07. The maximum Gasteiger partial charge on any atom is 0.0646 e. The molecule has 0 radical (unpaired) electrons. The van der Waals surface area contributed by atoms with Gasteiger partial charge in [-0.15, -0.1) is 0 Å². The Morgan fingerprint density at radius 2 is 2.10 bits per heavy atom. The average Bonchev–Trinajstić information content (AvgIpc) is 3.08. The Morgan fingerprint density at radius 3 is 2.81 bits per heavy atom. The first kappa shape index (κ1) is 14.6. The Hall–Kier alpha value is -1.32. The summed E-state index contributed by atoms with van der Waals surface area (Å²) in [5, 5.41) is 5.45. The number of aromatic nitrogens is 2. The van der Waals surface area contributed by atoms with Gasteiger partial charge in [-0.25, -0.2) is 0 Å². The molecule has 112 valence electrons. The van der Waals surface area contributed by atoms with Gasteiger partial charge in [0.2, 0.25) is 0 Å². The van der Waals surface area contributed by atoms with Gasteiger partial charge in [-0.3, -0.25) is 4.68 Å². The lowest BCUT2D eigenvalue weighted by Gasteiger charge is -2.24. The number of benzene rings is 1. The van der Waals surface area contributed by atoms with Crippen LogP contribution in [0.5, 0.6) is 0 Å². The van der Waals surface area contributed by atoms with Crippen molar-refractivity contribution in [3.63, 3.8) is 0 Å². The van der Waals surface area contributed by atoms with Gasteiger partial charge in [-0.05, 0) is 43.5 Å². The van der Waals surface area contributed by atoms with Crippen molar-refractivity contribution in [1.82, 2.24) is 9.78 Å². The molecule has 2 N–H and O–H groups in total. The van der Waals surface area contributed by atoms with Crippen molar-refractivity contribution in [1.29, 1.82) is 0 Å². The zero-order chi connectivity index (χ0) is 14.9. The summed E-state index contributed by atoms with van der Waals surface area (Å²) in [5.41, 5.74) is 8.13. The van der Waals surface area contributed by atoms with Crippen molar-refractivity contribution < 1.29 is 0 Å². The van der Waals surface area contributed by atoms with E-state index in [1.54, 1.807) is 0 Å². The zero-order valence-electron chi connectivity index (χ0n) is 12.4. The van der Waals surface area contributed by atoms with Crippen LogP contribution in [0.2, 0.25) is 5.02 Å². The standard InChI is InChI=1S/C17H22ClN3/c1-17(19,13-5-4-6-14(18)11-13)12-15-9-10-21(20-15)16-7-2-3-8-16/h4-6,9-11,16H,2-3,7-8,12,19H2,1H3. The molecule has 1 aromatic carbocycles. The second kappa shape index (κ2) is 5.82. The fraction of sp³-hybridized carbons (Fsp3) is 0.471. The Balaban J connectivity index is 1.76. The van der Waals surface area contributed by atoms with Gasteiger partial charge >= 0.3 is 0 Å². The van der Waals surface area contributed by atoms with Crippen LogP contribution in [0.1, 0.15) is 49.9 Å². The molecule has 0 amide bonds. The van der Waals surface area contributed by atoms with Crippen molar-refractivity contribution in [2.24, 2.45) is 5.73 Å². The highest BCUT2D eigenvalue weighted by atomic mass is 35.5. The molecule has 1 fully saturated rings. The molecule has 1 unspecified atom stereocenters. The lowest BCUT2D eigenvalue weighted by Crippen LogP contribution is -2.35. The normalized spacial score (nSPS) is 18.8. The van der Waals surface area contributed by atoms with E-state index in [1.165, 1.54) is 25.7 Å². The number of hydrogen-bond donors (Lipinski definition) is 1. The van der Waals surface area contributed by atoms with E-state index in [9.17, 15) is 0 Å². The summed E-state index contributed by atoms with van der Waals surface area (Å²) in [6.07, 6.45) is 7.94. The van der Waals surface area contributed by atoms with Crippen LogP contribution >= 0.6 is 11.6 Å².